The summed E-state index contributed by atoms with van der Waals surface area (Å²) in [5.74, 6) is 0. The second-order valence-corrected chi connectivity index (χ2v) is 9.76. The van der Waals surface area contributed by atoms with E-state index in [1.54, 1.807) is 0 Å². The fourth-order valence-corrected chi connectivity index (χ4v) is 5.41. The SMILES string of the molecule is CC(C)(C)Cc1ccc2c(ccc3c4ccnc(-c5ccccc5)c4sc23)c1. The monoisotopic (exact) mass is 381 g/mol. The highest BCUT2D eigenvalue weighted by Gasteiger charge is 2.15. The van der Waals surface area contributed by atoms with Crippen molar-refractivity contribution in [1.82, 2.24) is 4.98 Å². The van der Waals surface area contributed by atoms with Crippen molar-refractivity contribution >= 4 is 42.3 Å². The molecule has 28 heavy (non-hydrogen) atoms. The number of hydrogen-bond acceptors (Lipinski definition) is 2. The van der Waals surface area contributed by atoms with E-state index in [-0.39, 0.29) is 0 Å². The van der Waals surface area contributed by atoms with E-state index in [1.165, 1.54) is 42.1 Å². The Kier molecular flexibility index (Phi) is 3.99. The van der Waals surface area contributed by atoms with Gasteiger partial charge in [-0.2, -0.15) is 0 Å². The molecule has 0 aliphatic rings. The summed E-state index contributed by atoms with van der Waals surface area (Å²) in [6.07, 6.45) is 3.03. The van der Waals surface area contributed by atoms with Crippen LogP contribution in [0.3, 0.4) is 0 Å². The van der Waals surface area contributed by atoms with Crippen LogP contribution in [0.25, 0.3) is 42.2 Å². The molecule has 0 unspecified atom stereocenters. The predicted molar refractivity (Wildman–Crippen MR) is 123 cm³/mol. The number of benzene rings is 3. The maximum Gasteiger partial charge on any atom is 0.0880 e. The number of nitrogens with zero attached hydrogens (tertiary/aromatic N) is 1. The number of thiophene rings is 1. The van der Waals surface area contributed by atoms with Gasteiger partial charge in [-0.15, -0.1) is 11.3 Å². The van der Waals surface area contributed by atoms with Crippen LogP contribution in [0.5, 0.6) is 0 Å². The lowest BCUT2D eigenvalue weighted by Gasteiger charge is -2.18. The van der Waals surface area contributed by atoms with E-state index in [0.29, 0.717) is 5.41 Å². The van der Waals surface area contributed by atoms with Crippen LogP contribution in [0.15, 0.2) is 72.9 Å². The molecule has 0 bridgehead atoms. The second kappa shape index (κ2) is 6.42. The Hall–Kier alpha value is -2.71. The molecule has 0 saturated heterocycles. The quantitative estimate of drug-likeness (QED) is 0.303. The number of rotatable bonds is 2. The van der Waals surface area contributed by atoms with Crippen molar-refractivity contribution in [3.63, 3.8) is 0 Å². The number of aromatic nitrogens is 1. The summed E-state index contributed by atoms with van der Waals surface area (Å²) in [7, 11) is 0. The van der Waals surface area contributed by atoms with E-state index >= 15 is 0 Å². The fraction of sp³-hybridized carbons (Fsp3) is 0.192. The third-order valence-electron chi connectivity index (χ3n) is 5.22. The van der Waals surface area contributed by atoms with E-state index in [4.69, 9.17) is 4.98 Å². The first-order valence-electron chi connectivity index (χ1n) is 9.78. The molecule has 0 saturated carbocycles. The Labute approximate surface area is 169 Å². The smallest absolute Gasteiger partial charge is 0.0880 e. The van der Waals surface area contributed by atoms with Crippen molar-refractivity contribution in [3.8, 4) is 11.3 Å². The lowest BCUT2D eigenvalue weighted by molar-refractivity contribution is 0.411. The zero-order valence-electron chi connectivity index (χ0n) is 16.5. The summed E-state index contributed by atoms with van der Waals surface area (Å²) in [5, 5.41) is 5.30. The molecule has 0 fully saturated rings. The molecule has 0 aliphatic heterocycles. The molecule has 0 spiro atoms. The molecule has 2 heteroatoms. The maximum atomic E-state index is 4.72. The Morgan fingerprint density at radius 1 is 0.786 bits per heavy atom. The molecule has 5 rings (SSSR count). The van der Waals surface area contributed by atoms with Gasteiger partial charge in [0.05, 0.1) is 10.4 Å². The average molecular weight is 382 g/mol. The van der Waals surface area contributed by atoms with Gasteiger partial charge in [0.1, 0.15) is 0 Å². The zero-order chi connectivity index (χ0) is 19.3. The lowest BCUT2D eigenvalue weighted by atomic mass is 9.87. The number of fused-ring (bicyclic) bond motifs is 5. The molecule has 0 atom stereocenters. The van der Waals surface area contributed by atoms with E-state index < -0.39 is 0 Å². The van der Waals surface area contributed by atoms with Crippen LogP contribution < -0.4 is 0 Å². The van der Waals surface area contributed by atoms with Gasteiger partial charge < -0.3 is 0 Å². The van der Waals surface area contributed by atoms with Crippen molar-refractivity contribution < 1.29 is 0 Å². The summed E-state index contributed by atoms with van der Waals surface area (Å²) in [5.41, 5.74) is 3.96. The number of hydrogen-bond donors (Lipinski definition) is 0. The molecule has 0 radical (unpaired) electrons. The van der Waals surface area contributed by atoms with Gasteiger partial charge in [-0.3, -0.25) is 4.98 Å². The van der Waals surface area contributed by atoms with Gasteiger partial charge in [-0.05, 0) is 34.2 Å². The summed E-state index contributed by atoms with van der Waals surface area (Å²) in [4.78, 5) is 4.72. The van der Waals surface area contributed by atoms with Crippen LogP contribution in [-0.2, 0) is 6.42 Å². The van der Waals surface area contributed by atoms with Crippen LogP contribution in [0.2, 0.25) is 0 Å². The molecule has 2 aromatic heterocycles. The highest BCUT2D eigenvalue weighted by atomic mass is 32.1. The second-order valence-electron chi connectivity index (χ2n) is 8.74. The predicted octanol–water partition coefficient (Wildman–Crippen LogP) is 7.86. The van der Waals surface area contributed by atoms with Gasteiger partial charge in [0, 0.05) is 27.2 Å². The van der Waals surface area contributed by atoms with E-state index in [1.807, 2.05) is 17.5 Å². The third kappa shape index (κ3) is 2.98. The molecule has 2 heterocycles. The van der Waals surface area contributed by atoms with E-state index in [0.717, 1.165) is 12.1 Å². The normalized spacial score (nSPS) is 12.2. The van der Waals surface area contributed by atoms with Crippen molar-refractivity contribution in [3.05, 3.63) is 78.5 Å². The molecule has 5 aromatic rings. The van der Waals surface area contributed by atoms with Crippen LogP contribution in [0.1, 0.15) is 26.3 Å². The minimum atomic E-state index is 0.297. The van der Waals surface area contributed by atoms with Gasteiger partial charge in [0.15, 0.2) is 0 Å². The summed E-state index contributed by atoms with van der Waals surface area (Å²) < 4.78 is 2.63. The van der Waals surface area contributed by atoms with Crippen molar-refractivity contribution in [2.24, 2.45) is 5.41 Å². The average Bonchev–Trinajstić information content (AvgIpc) is 3.06. The van der Waals surface area contributed by atoms with Gasteiger partial charge in [-0.1, -0.05) is 81.4 Å². The Morgan fingerprint density at radius 2 is 1.54 bits per heavy atom. The first kappa shape index (κ1) is 17.4. The standard InChI is InChI=1S/C26H23NS/c1-26(2,3)16-17-9-11-20-19(15-17)10-12-21-22-13-14-27-23(25(22)28-24(20)21)18-7-5-4-6-8-18/h4-15H,16H2,1-3H3. The minimum absolute atomic E-state index is 0.297. The fourth-order valence-electron chi connectivity index (χ4n) is 4.06. The van der Waals surface area contributed by atoms with Gasteiger partial charge in [0.25, 0.3) is 0 Å². The summed E-state index contributed by atoms with van der Waals surface area (Å²) in [6.45, 7) is 6.89. The van der Waals surface area contributed by atoms with Crippen molar-refractivity contribution in [2.75, 3.05) is 0 Å². The Bertz CT molecular complexity index is 1310. The van der Waals surface area contributed by atoms with E-state index in [9.17, 15) is 0 Å². The topological polar surface area (TPSA) is 12.9 Å². The van der Waals surface area contributed by atoms with Gasteiger partial charge in [0.2, 0.25) is 0 Å². The van der Waals surface area contributed by atoms with Crippen LogP contribution in [0, 0.1) is 5.41 Å². The Balaban J connectivity index is 1.75. The highest BCUT2D eigenvalue weighted by molar-refractivity contribution is 7.27. The van der Waals surface area contributed by atoms with Crippen molar-refractivity contribution in [2.45, 2.75) is 27.2 Å². The van der Waals surface area contributed by atoms with Gasteiger partial charge >= 0.3 is 0 Å². The summed E-state index contributed by atoms with van der Waals surface area (Å²) >= 11 is 1.87. The molecule has 1 nitrogen and oxygen atoms in total. The summed E-state index contributed by atoms with van der Waals surface area (Å²) in [6, 6.07) is 24.2. The van der Waals surface area contributed by atoms with Crippen LogP contribution in [-0.4, -0.2) is 4.98 Å². The Morgan fingerprint density at radius 3 is 2.32 bits per heavy atom. The zero-order valence-corrected chi connectivity index (χ0v) is 17.3. The molecule has 0 amide bonds. The largest absolute Gasteiger partial charge is 0.255 e. The van der Waals surface area contributed by atoms with Crippen molar-refractivity contribution in [1.29, 1.82) is 0 Å². The molecule has 3 aromatic carbocycles. The minimum Gasteiger partial charge on any atom is -0.255 e. The van der Waals surface area contributed by atoms with Crippen LogP contribution in [0.4, 0.5) is 0 Å². The molecule has 0 aliphatic carbocycles. The van der Waals surface area contributed by atoms with Crippen LogP contribution >= 0.6 is 11.3 Å². The molecular formula is C26H23NS. The lowest BCUT2D eigenvalue weighted by Crippen LogP contribution is -2.08. The first-order valence-corrected chi connectivity index (χ1v) is 10.6. The third-order valence-corrected chi connectivity index (χ3v) is 6.48. The first-order chi connectivity index (χ1) is 13.5. The highest BCUT2D eigenvalue weighted by Crippen LogP contribution is 2.42. The molecule has 138 valence electrons. The van der Waals surface area contributed by atoms with E-state index in [2.05, 4.69) is 87.5 Å². The van der Waals surface area contributed by atoms with Gasteiger partial charge in [-0.25, -0.2) is 0 Å². The number of pyridine rings is 1. The maximum absolute atomic E-state index is 4.72. The molecular weight excluding hydrogens is 358 g/mol. The molecule has 0 N–H and O–H groups in total.